The molecule has 1 aliphatic heterocycles. The number of anilines is 1. The summed E-state index contributed by atoms with van der Waals surface area (Å²) >= 11 is 0. The average molecular weight is 420 g/mol. The minimum Gasteiger partial charge on any atom is -0.347 e. The van der Waals surface area contributed by atoms with Crippen molar-refractivity contribution in [3.05, 3.63) is 65.2 Å². The van der Waals surface area contributed by atoms with E-state index in [1.54, 1.807) is 29.2 Å². The van der Waals surface area contributed by atoms with Gasteiger partial charge in [0.2, 0.25) is 0 Å². The van der Waals surface area contributed by atoms with Crippen LogP contribution in [-0.4, -0.2) is 53.5 Å². The number of nitriles is 1. The molecule has 0 saturated carbocycles. The third-order valence-electron chi connectivity index (χ3n) is 5.04. The summed E-state index contributed by atoms with van der Waals surface area (Å²) in [6, 6.07) is 16.5. The Morgan fingerprint density at radius 3 is 2.13 bits per heavy atom. The number of hydrogen-bond acceptors (Lipinski definition) is 4. The molecule has 0 aromatic heterocycles. The van der Waals surface area contributed by atoms with Gasteiger partial charge in [-0.25, -0.2) is 4.79 Å². The number of carbonyl (C=O) groups excluding carboxylic acids is 2. The minimum absolute atomic E-state index is 0.134. The van der Waals surface area contributed by atoms with Crippen LogP contribution < -0.4 is 10.6 Å². The predicted octanol–water partition coefficient (Wildman–Crippen LogP) is 3.44. The van der Waals surface area contributed by atoms with E-state index in [4.69, 9.17) is 5.26 Å². The molecule has 0 bridgehead atoms. The monoisotopic (exact) mass is 419 g/mol. The van der Waals surface area contributed by atoms with Gasteiger partial charge in [0.15, 0.2) is 0 Å². The lowest BCUT2D eigenvalue weighted by Gasteiger charge is -2.34. The summed E-state index contributed by atoms with van der Waals surface area (Å²) in [6.07, 6.45) is 0. The first-order valence-electron chi connectivity index (χ1n) is 10.4. The summed E-state index contributed by atoms with van der Waals surface area (Å²) in [5.41, 5.74) is 2.74. The molecule has 0 aliphatic carbocycles. The molecule has 7 heteroatoms. The number of hydrogen-bond donors (Lipinski definition) is 2. The topological polar surface area (TPSA) is 88.5 Å². The molecule has 2 aromatic rings. The van der Waals surface area contributed by atoms with Crippen LogP contribution in [0.15, 0.2) is 48.5 Å². The van der Waals surface area contributed by atoms with Gasteiger partial charge in [-0.15, -0.1) is 0 Å². The van der Waals surface area contributed by atoms with Crippen LogP contribution in [0.5, 0.6) is 0 Å². The van der Waals surface area contributed by atoms with Gasteiger partial charge in [-0.2, -0.15) is 5.26 Å². The second kappa shape index (κ2) is 9.63. The lowest BCUT2D eigenvalue weighted by atomic mass is 10.1. The van der Waals surface area contributed by atoms with Gasteiger partial charge >= 0.3 is 6.03 Å². The summed E-state index contributed by atoms with van der Waals surface area (Å²) in [5, 5.41) is 14.7. The second-order valence-corrected chi connectivity index (χ2v) is 8.78. The Bertz CT molecular complexity index is 947. The number of carbonyl (C=O) groups is 2. The van der Waals surface area contributed by atoms with Crippen LogP contribution in [0, 0.1) is 11.3 Å². The van der Waals surface area contributed by atoms with Gasteiger partial charge in [-0.1, -0.05) is 12.1 Å². The molecule has 2 N–H and O–H groups in total. The van der Waals surface area contributed by atoms with E-state index in [0.717, 1.165) is 25.2 Å². The Hall–Kier alpha value is -3.37. The van der Waals surface area contributed by atoms with Crippen molar-refractivity contribution in [1.29, 1.82) is 5.26 Å². The van der Waals surface area contributed by atoms with Crippen molar-refractivity contribution in [3.63, 3.8) is 0 Å². The van der Waals surface area contributed by atoms with Crippen molar-refractivity contribution in [2.45, 2.75) is 32.9 Å². The van der Waals surface area contributed by atoms with Gasteiger partial charge in [-0.3, -0.25) is 9.69 Å². The largest absolute Gasteiger partial charge is 0.347 e. The molecular formula is C24H29N5O2. The number of amides is 3. The first kappa shape index (κ1) is 22.3. The van der Waals surface area contributed by atoms with Crippen molar-refractivity contribution < 1.29 is 9.59 Å². The van der Waals surface area contributed by atoms with Crippen molar-refractivity contribution >= 4 is 17.6 Å². The zero-order valence-electron chi connectivity index (χ0n) is 18.3. The van der Waals surface area contributed by atoms with Crippen molar-refractivity contribution in [2.24, 2.45) is 0 Å². The third-order valence-corrected chi connectivity index (χ3v) is 5.04. The fraction of sp³-hybridized carbons (Fsp3) is 0.375. The third kappa shape index (κ3) is 6.56. The molecule has 1 aliphatic rings. The Morgan fingerprint density at radius 1 is 0.968 bits per heavy atom. The number of benzene rings is 2. The van der Waals surface area contributed by atoms with E-state index in [1.165, 1.54) is 0 Å². The van der Waals surface area contributed by atoms with Crippen LogP contribution in [0.4, 0.5) is 10.5 Å². The van der Waals surface area contributed by atoms with E-state index in [0.29, 0.717) is 29.9 Å². The number of nitrogens with one attached hydrogen (secondary N) is 2. The number of rotatable bonds is 4. The molecular weight excluding hydrogens is 390 g/mol. The maximum Gasteiger partial charge on any atom is 0.321 e. The van der Waals surface area contributed by atoms with E-state index < -0.39 is 0 Å². The molecule has 1 saturated heterocycles. The lowest BCUT2D eigenvalue weighted by molar-refractivity contribution is 0.0919. The van der Waals surface area contributed by atoms with Gasteiger partial charge in [0.1, 0.15) is 0 Å². The standard InChI is InChI=1S/C24H29N5O2/c1-24(2,3)27-22(30)20-8-10-21(11-9-20)26-23(31)29-14-12-28(13-15-29)17-19-6-4-18(16-25)5-7-19/h4-11H,12-15,17H2,1-3H3,(H,26,31)(H,27,30). The molecule has 1 fully saturated rings. The van der Waals surface area contributed by atoms with Crippen LogP contribution in [0.2, 0.25) is 0 Å². The first-order valence-corrected chi connectivity index (χ1v) is 10.4. The summed E-state index contributed by atoms with van der Waals surface area (Å²) in [5.74, 6) is -0.135. The second-order valence-electron chi connectivity index (χ2n) is 8.78. The van der Waals surface area contributed by atoms with Gasteiger partial charge < -0.3 is 15.5 Å². The number of urea groups is 1. The smallest absolute Gasteiger partial charge is 0.321 e. The first-order chi connectivity index (χ1) is 14.7. The Labute approximate surface area is 183 Å². The van der Waals surface area contributed by atoms with Crippen LogP contribution in [0.1, 0.15) is 42.3 Å². The highest BCUT2D eigenvalue weighted by atomic mass is 16.2. The van der Waals surface area contributed by atoms with E-state index in [1.807, 2.05) is 45.0 Å². The molecule has 0 radical (unpaired) electrons. The van der Waals surface area contributed by atoms with Gasteiger partial charge in [0.05, 0.1) is 11.6 Å². The quantitative estimate of drug-likeness (QED) is 0.795. The molecule has 162 valence electrons. The van der Waals surface area contributed by atoms with E-state index >= 15 is 0 Å². The summed E-state index contributed by atoms with van der Waals surface area (Å²) in [4.78, 5) is 28.9. The maximum atomic E-state index is 12.6. The highest BCUT2D eigenvalue weighted by Crippen LogP contribution is 2.14. The van der Waals surface area contributed by atoms with Crippen molar-refractivity contribution in [2.75, 3.05) is 31.5 Å². The van der Waals surface area contributed by atoms with Gasteiger partial charge in [0, 0.05) is 49.5 Å². The van der Waals surface area contributed by atoms with E-state index in [9.17, 15) is 9.59 Å². The molecule has 0 spiro atoms. The molecule has 0 unspecified atom stereocenters. The van der Waals surface area contributed by atoms with Crippen molar-refractivity contribution in [3.8, 4) is 6.07 Å². The summed E-state index contributed by atoms with van der Waals surface area (Å²) in [6.45, 7) is 9.48. The molecule has 1 heterocycles. The van der Waals surface area contributed by atoms with Crippen LogP contribution >= 0.6 is 0 Å². The Morgan fingerprint density at radius 2 is 1.58 bits per heavy atom. The fourth-order valence-electron chi connectivity index (χ4n) is 3.37. The Balaban J connectivity index is 1.47. The maximum absolute atomic E-state index is 12.6. The van der Waals surface area contributed by atoms with Crippen LogP contribution in [0.3, 0.4) is 0 Å². The molecule has 3 amide bonds. The minimum atomic E-state index is -0.299. The fourth-order valence-corrected chi connectivity index (χ4v) is 3.37. The normalized spacial score (nSPS) is 14.6. The average Bonchev–Trinajstić information content (AvgIpc) is 2.74. The summed E-state index contributed by atoms with van der Waals surface area (Å²) < 4.78 is 0. The zero-order chi connectivity index (χ0) is 22.4. The van der Waals surface area contributed by atoms with Crippen LogP contribution in [0.25, 0.3) is 0 Å². The SMILES string of the molecule is CC(C)(C)NC(=O)c1ccc(NC(=O)N2CCN(Cc3ccc(C#N)cc3)CC2)cc1. The highest BCUT2D eigenvalue weighted by molar-refractivity contribution is 5.96. The molecule has 31 heavy (non-hydrogen) atoms. The van der Waals surface area contributed by atoms with Gasteiger partial charge in [-0.05, 0) is 62.7 Å². The molecule has 2 aromatic carbocycles. The predicted molar refractivity (Wildman–Crippen MR) is 121 cm³/mol. The Kier molecular flexibility index (Phi) is 6.93. The van der Waals surface area contributed by atoms with E-state index in [-0.39, 0.29) is 17.5 Å². The highest BCUT2D eigenvalue weighted by Gasteiger charge is 2.21. The number of piperazine rings is 1. The van der Waals surface area contributed by atoms with Crippen molar-refractivity contribution in [1.82, 2.24) is 15.1 Å². The van der Waals surface area contributed by atoms with E-state index in [2.05, 4.69) is 21.6 Å². The van der Waals surface area contributed by atoms with Crippen LogP contribution in [-0.2, 0) is 6.54 Å². The van der Waals surface area contributed by atoms with Gasteiger partial charge in [0.25, 0.3) is 5.91 Å². The molecule has 0 atom stereocenters. The molecule has 7 nitrogen and oxygen atoms in total. The summed E-state index contributed by atoms with van der Waals surface area (Å²) in [7, 11) is 0. The molecule has 3 rings (SSSR count). The number of nitrogens with zero attached hydrogens (tertiary/aromatic N) is 3. The lowest BCUT2D eigenvalue weighted by Crippen LogP contribution is -2.49. The zero-order valence-corrected chi connectivity index (χ0v) is 18.3.